The Morgan fingerprint density at radius 1 is 1.21 bits per heavy atom. The van der Waals surface area contributed by atoms with E-state index in [1.807, 2.05) is 25.1 Å². The summed E-state index contributed by atoms with van der Waals surface area (Å²) in [7, 11) is 0. The Kier molecular flexibility index (Phi) is 3.19. The molecule has 0 unspecified atom stereocenters. The predicted octanol–water partition coefficient (Wildman–Crippen LogP) is 1.08. The first-order chi connectivity index (χ1) is 13.5. The van der Waals surface area contributed by atoms with Crippen LogP contribution < -0.4 is 16.2 Å². The highest BCUT2D eigenvalue weighted by Gasteiger charge is 2.59. The number of hydrogen-bond acceptors (Lipinski definition) is 4. The Hall–Kier alpha value is -3.68. The molecule has 3 aromatic rings. The van der Waals surface area contributed by atoms with Crippen molar-refractivity contribution in [3.05, 3.63) is 104 Å². The SMILES string of the molecule is C=C(C)[C@]1(n2[nH]c(=O)n(-c3ccccc3)c2=O)[C@@H]2C=C[C@H]1c1c[n+]([O-])ncc12. The van der Waals surface area contributed by atoms with Crippen molar-refractivity contribution in [1.29, 1.82) is 0 Å². The molecular weight excluding hydrogens is 358 g/mol. The fraction of sp³-hybridized carbons (Fsp3) is 0.200. The molecule has 0 saturated heterocycles. The molecule has 0 saturated carbocycles. The number of aromatic nitrogens is 5. The van der Waals surface area contributed by atoms with Gasteiger partial charge in [-0.25, -0.2) is 23.9 Å². The van der Waals surface area contributed by atoms with E-state index < -0.39 is 16.9 Å². The number of fused-ring (bicyclic) bond motifs is 5. The number of nitrogens with zero attached hydrogens (tertiary/aromatic N) is 4. The van der Waals surface area contributed by atoms with Crippen LogP contribution in [0.25, 0.3) is 5.69 Å². The third kappa shape index (κ3) is 1.84. The zero-order valence-electron chi connectivity index (χ0n) is 15.1. The molecule has 1 N–H and O–H groups in total. The van der Waals surface area contributed by atoms with Crippen LogP contribution in [0.4, 0.5) is 0 Å². The van der Waals surface area contributed by atoms with Crippen LogP contribution in [0, 0.1) is 5.21 Å². The molecule has 2 heterocycles. The lowest BCUT2D eigenvalue weighted by Crippen LogP contribution is -2.46. The standard InChI is InChI=1S/C20H17N5O3/c1-12(2)20(16-8-9-17(20)15-11-23(28)21-10-14(15)16)25-19(27)24(18(26)22-25)13-6-4-3-5-7-13/h3-11,16-17H,1H2,2H3,(H,22,26)/t16-,17+,20+/m1/s1. The van der Waals surface area contributed by atoms with Crippen LogP contribution >= 0.6 is 0 Å². The summed E-state index contributed by atoms with van der Waals surface area (Å²) >= 11 is 0. The molecule has 0 amide bonds. The van der Waals surface area contributed by atoms with E-state index in [9.17, 15) is 14.8 Å². The van der Waals surface area contributed by atoms with Crippen LogP contribution in [0.5, 0.6) is 0 Å². The zero-order valence-corrected chi connectivity index (χ0v) is 15.1. The van der Waals surface area contributed by atoms with E-state index in [0.29, 0.717) is 16.1 Å². The second kappa shape index (κ2) is 5.41. The molecule has 0 aliphatic heterocycles. The summed E-state index contributed by atoms with van der Waals surface area (Å²) in [6.07, 6.45) is 6.92. The van der Waals surface area contributed by atoms with Crippen LogP contribution in [0.1, 0.15) is 29.9 Å². The molecule has 0 fully saturated rings. The smallest absolute Gasteiger partial charge is 0.352 e. The monoisotopic (exact) mass is 375 g/mol. The van der Waals surface area contributed by atoms with E-state index in [1.165, 1.54) is 17.1 Å². The Bertz CT molecular complexity index is 1270. The Labute approximate surface area is 159 Å². The number of nitrogens with one attached hydrogen (secondary N) is 1. The number of benzene rings is 1. The van der Waals surface area contributed by atoms with Gasteiger partial charge in [-0.1, -0.05) is 47.3 Å². The number of hydrogen-bond donors (Lipinski definition) is 1. The normalized spacial score (nSPS) is 24.5. The molecule has 2 bridgehead atoms. The first kappa shape index (κ1) is 16.5. The van der Waals surface area contributed by atoms with Gasteiger partial charge < -0.3 is 5.21 Å². The van der Waals surface area contributed by atoms with Gasteiger partial charge in [0.2, 0.25) is 6.20 Å². The maximum atomic E-state index is 13.4. The molecule has 8 heteroatoms. The summed E-state index contributed by atoms with van der Waals surface area (Å²) in [6.45, 7) is 5.98. The molecule has 5 rings (SSSR count). The lowest BCUT2D eigenvalue weighted by molar-refractivity contribution is -0.669. The van der Waals surface area contributed by atoms with Gasteiger partial charge in [-0.2, -0.15) is 0 Å². The third-order valence-electron chi connectivity index (χ3n) is 5.87. The molecule has 0 radical (unpaired) electrons. The van der Waals surface area contributed by atoms with Crippen molar-refractivity contribution in [1.82, 2.24) is 19.4 Å². The van der Waals surface area contributed by atoms with Gasteiger partial charge in [-0.05, 0) is 24.6 Å². The first-order valence-corrected chi connectivity index (χ1v) is 8.90. The molecule has 140 valence electrons. The Morgan fingerprint density at radius 3 is 2.57 bits per heavy atom. The Morgan fingerprint density at radius 2 is 1.89 bits per heavy atom. The average Bonchev–Trinajstić information content (AvgIpc) is 3.29. The number of rotatable bonds is 3. The fourth-order valence-electron chi connectivity index (χ4n) is 4.77. The number of para-hydroxylation sites is 1. The van der Waals surface area contributed by atoms with Crippen molar-refractivity contribution in [2.45, 2.75) is 24.3 Å². The summed E-state index contributed by atoms with van der Waals surface area (Å²) in [5.41, 5.74) is 0.930. The minimum absolute atomic E-state index is 0.251. The predicted molar refractivity (Wildman–Crippen MR) is 101 cm³/mol. The second-order valence-corrected chi connectivity index (χ2v) is 7.24. The van der Waals surface area contributed by atoms with Crippen LogP contribution in [0.15, 0.2) is 76.6 Å². The molecule has 2 aliphatic carbocycles. The summed E-state index contributed by atoms with van der Waals surface area (Å²) < 4.78 is 2.48. The van der Waals surface area contributed by atoms with Crippen molar-refractivity contribution >= 4 is 0 Å². The van der Waals surface area contributed by atoms with Crippen molar-refractivity contribution in [2.24, 2.45) is 0 Å². The maximum Gasteiger partial charge on any atom is 0.352 e. The third-order valence-corrected chi connectivity index (χ3v) is 5.87. The van der Waals surface area contributed by atoms with Crippen molar-refractivity contribution in [3.63, 3.8) is 0 Å². The largest absolute Gasteiger partial charge is 0.594 e. The van der Waals surface area contributed by atoms with Crippen molar-refractivity contribution in [2.75, 3.05) is 0 Å². The molecule has 2 aliphatic rings. The first-order valence-electron chi connectivity index (χ1n) is 8.90. The topological polar surface area (TPSA) is 99.6 Å². The maximum absolute atomic E-state index is 13.4. The van der Waals surface area contributed by atoms with Crippen LogP contribution in [-0.4, -0.2) is 19.4 Å². The number of aromatic amines is 1. The fourth-order valence-corrected chi connectivity index (χ4v) is 4.77. The Balaban J connectivity index is 1.79. The van der Waals surface area contributed by atoms with Gasteiger partial charge in [0.25, 0.3) is 0 Å². The molecule has 3 atom stereocenters. The summed E-state index contributed by atoms with van der Waals surface area (Å²) in [6, 6.07) is 8.76. The van der Waals surface area contributed by atoms with Gasteiger partial charge in [0, 0.05) is 22.5 Å². The lowest BCUT2D eigenvalue weighted by atomic mass is 9.78. The highest BCUT2D eigenvalue weighted by molar-refractivity contribution is 5.55. The van der Waals surface area contributed by atoms with E-state index in [2.05, 4.69) is 16.8 Å². The van der Waals surface area contributed by atoms with E-state index in [-0.39, 0.29) is 11.8 Å². The summed E-state index contributed by atoms with van der Waals surface area (Å²) in [5.74, 6) is -0.549. The highest BCUT2D eigenvalue weighted by atomic mass is 16.5. The summed E-state index contributed by atoms with van der Waals surface area (Å²) in [4.78, 5) is 26.6. The molecule has 8 nitrogen and oxygen atoms in total. The van der Waals surface area contributed by atoms with E-state index >= 15 is 0 Å². The van der Waals surface area contributed by atoms with Crippen LogP contribution in [0.3, 0.4) is 0 Å². The lowest BCUT2D eigenvalue weighted by Gasteiger charge is -2.35. The van der Waals surface area contributed by atoms with Gasteiger partial charge in [-0.3, -0.25) is 0 Å². The molecule has 28 heavy (non-hydrogen) atoms. The minimum atomic E-state index is -0.922. The van der Waals surface area contributed by atoms with Gasteiger partial charge in [0.15, 0.2) is 0 Å². The molecule has 1 aromatic carbocycles. The van der Waals surface area contributed by atoms with Crippen molar-refractivity contribution < 1.29 is 4.85 Å². The van der Waals surface area contributed by atoms with Gasteiger partial charge in [0.1, 0.15) is 11.7 Å². The van der Waals surface area contributed by atoms with Crippen LogP contribution in [0.2, 0.25) is 0 Å². The van der Waals surface area contributed by atoms with Gasteiger partial charge >= 0.3 is 11.4 Å². The number of H-pyrrole nitrogens is 1. The quantitative estimate of drug-likeness (QED) is 0.421. The highest BCUT2D eigenvalue weighted by Crippen LogP contribution is 2.61. The summed E-state index contributed by atoms with van der Waals surface area (Å²) in [5, 5.41) is 18.3. The van der Waals surface area contributed by atoms with E-state index in [1.54, 1.807) is 24.3 Å². The molecule has 2 aromatic heterocycles. The minimum Gasteiger partial charge on any atom is -0.594 e. The van der Waals surface area contributed by atoms with Gasteiger partial charge in [0.05, 0.1) is 5.69 Å². The van der Waals surface area contributed by atoms with Crippen LogP contribution in [-0.2, 0) is 5.54 Å². The van der Waals surface area contributed by atoms with E-state index in [4.69, 9.17) is 0 Å². The number of allylic oxidation sites excluding steroid dienone is 3. The zero-order chi connectivity index (χ0) is 19.6. The van der Waals surface area contributed by atoms with Crippen molar-refractivity contribution in [3.8, 4) is 5.69 Å². The second-order valence-electron chi connectivity index (χ2n) is 7.24. The molecular formula is C20H17N5O3. The van der Waals surface area contributed by atoms with Gasteiger partial charge in [-0.15, -0.1) is 0 Å². The van der Waals surface area contributed by atoms with E-state index in [0.717, 1.165) is 15.7 Å². The average molecular weight is 375 g/mol. The molecule has 0 spiro atoms.